The van der Waals surface area contributed by atoms with Crippen LogP contribution in [0.4, 0.5) is 5.82 Å². The summed E-state index contributed by atoms with van der Waals surface area (Å²) in [4.78, 5) is 4.31. The molecule has 2 aromatic carbocycles. The second kappa shape index (κ2) is 4.67. The maximum atomic E-state index is 9.40. The highest BCUT2D eigenvalue weighted by atomic mass is 14.8. The maximum Gasteiger partial charge on any atom is 0.142 e. The van der Waals surface area contributed by atoms with Gasteiger partial charge in [0.1, 0.15) is 17.5 Å². The summed E-state index contributed by atoms with van der Waals surface area (Å²) in [6, 6.07) is 18.0. The van der Waals surface area contributed by atoms with E-state index in [1.54, 1.807) is 0 Å². The largest absolute Gasteiger partial charge is 0.383 e. The summed E-state index contributed by atoms with van der Waals surface area (Å²) < 4.78 is 0. The Balaban J connectivity index is 2.43. The number of nitriles is 1. The summed E-state index contributed by atoms with van der Waals surface area (Å²) in [5.74, 6) is 0.279. The number of anilines is 1. The minimum absolute atomic E-state index is 0.279. The minimum atomic E-state index is 0.279. The highest BCUT2D eigenvalue weighted by Gasteiger charge is 2.14. The van der Waals surface area contributed by atoms with Crippen molar-refractivity contribution in [3.63, 3.8) is 0 Å². The summed E-state index contributed by atoms with van der Waals surface area (Å²) in [5, 5.41) is 10.4. The molecule has 0 aliphatic carbocycles. The third kappa shape index (κ3) is 1.88. The molecule has 0 spiro atoms. The second-order valence-corrected chi connectivity index (χ2v) is 4.74. The van der Waals surface area contributed by atoms with Gasteiger partial charge >= 0.3 is 0 Å². The SMILES string of the molecule is Cc1ccc(-c2c(C#N)c(N)nc3ccccc23)cc1. The topological polar surface area (TPSA) is 62.7 Å². The number of aromatic nitrogens is 1. The summed E-state index contributed by atoms with van der Waals surface area (Å²) >= 11 is 0. The predicted octanol–water partition coefficient (Wildman–Crippen LogP) is 3.66. The smallest absolute Gasteiger partial charge is 0.142 e. The van der Waals surface area contributed by atoms with Crippen LogP contribution < -0.4 is 5.73 Å². The van der Waals surface area contributed by atoms with Gasteiger partial charge in [-0.1, -0.05) is 48.0 Å². The molecule has 1 aromatic heterocycles. The lowest BCUT2D eigenvalue weighted by atomic mass is 9.95. The van der Waals surface area contributed by atoms with Gasteiger partial charge < -0.3 is 5.73 Å². The molecule has 0 radical (unpaired) electrons. The molecule has 0 saturated heterocycles. The molecular weight excluding hydrogens is 246 g/mol. The standard InChI is InChI=1S/C17H13N3/c1-11-6-8-12(9-7-11)16-13-4-2-3-5-15(13)20-17(19)14(16)10-18/h2-9H,1H3,(H2,19,20). The zero-order valence-electron chi connectivity index (χ0n) is 11.1. The van der Waals surface area contributed by atoms with Crippen LogP contribution in [0.15, 0.2) is 48.5 Å². The number of benzene rings is 2. The van der Waals surface area contributed by atoms with Crippen molar-refractivity contribution < 1.29 is 0 Å². The first-order valence-electron chi connectivity index (χ1n) is 6.36. The highest BCUT2D eigenvalue weighted by Crippen LogP contribution is 2.33. The molecule has 0 saturated carbocycles. The number of fused-ring (bicyclic) bond motifs is 1. The highest BCUT2D eigenvalue weighted by molar-refractivity contribution is 5.99. The second-order valence-electron chi connectivity index (χ2n) is 4.74. The van der Waals surface area contributed by atoms with Gasteiger partial charge in [0.2, 0.25) is 0 Å². The fraction of sp³-hybridized carbons (Fsp3) is 0.0588. The van der Waals surface area contributed by atoms with E-state index in [0.717, 1.165) is 22.0 Å². The van der Waals surface area contributed by atoms with Crippen molar-refractivity contribution in [2.24, 2.45) is 0 Å². The summed E-state index contributed by atoms with van der Waals surface area (Å²) in [6.45, 7) is 2.04. The van der Waals surface area contributed by atoms with Gasteiger partial charge in [-0.05, 0) is 18.6 Å². The van der Waals surface area contributed by atoms with Gasteiger partial charge in [-0.15, -0.1) is 0 Å². The maximum absolute atomic E-state index is 9.40. The Morgan fingerprint density at radius 3 is 2.45 bits per heavy atom. The Bertz CT molecular complexity index is 827. The Morgan fingerprint density at radius 2 is 1.75 bits per heavy atom. The van der Waals surface area contributed by atoms with Crippen molar-refractivity contribution in [3.8, 4) is 17.2 Å². The monoisotopic (exact) mass is 259 g/mol. The number of hydrogen-bond donors (Lipinski definition) is 1. The summed E-state index contributed by atoms with van der Waals surface area (Å²) in [5.41, 5.74) is 10.2. The number of aryl methyl sites for hydroxylation is 1. The van der Waals surface area contributed by atoms with Gasteiger partial charge in [0.15, 0.2) is 0 Å². The molecule has 3 nitrogen and oxygen atoms in total. The predicted molar refractivity (Wildman–Crippen MR) is 81.0 cm³/mol. The molecule has 0 bridgehead atoms. The fourth-order valence-corrected chi connectivity index (χ4v) is 2.36. The number of hydrogen-bond acceptors (Lipinski definition) is 3. The first kappa shape index (κ1) is 12.2. The van der Waals surface area contributed by atoms with Crippen LogP contribution in [0.2, 0.25) is 0 Å². The third-order valence-corrected chi connectivity index (χ3v) is 3.37. The van der Waals surface area contributed by atoms with Crippen LogP contribution >= 0.6 is 0 Å². The molecule has 1 heterocycles. The Hall–Kier alpha value is -2.86. The van der Waals surface area contributed by atoms with E-state index >= 15 is 0 Å². The van der Waals surface area contributed by atoms with Gasteiger partial charge in [-0.2, -0.15) is 5.26 Å². The van der Waals surface area contributed by atoms with Crippen molar-refractivity contribution in [3.05, 3.63) is 59.7 Å². The molecule has 0 unspecified atom stereocenters. The summed E-state index contributed by atoms with van der Waals surface area (Å²) in [6.07, 6.45) is 0. The number of nitrogens with zero attached hydrogens (tertiary/aromatic N) is 2. The molecule has 2 N–H and O–H groups in total. The zero-order valence-corrected chi connectivity index (χ0v) is 11.1. The third-order valence-electron chi connectivity index (χ3n) is 3.37. The summed E-state index contributed by atoms with van der Waals surface area (Å²) in [7, 11) is 0. The molecule has 3 rings (SSSR count). The number of nitrogens with two attached hydrogens (primary N) is 1. The van der Waals surface area contributed by atoms with Gasteiger partial charge in [-0.25, -0.2) is 4.98 Å². The minimum Gasteiger partial charge on any atom is -0.383 e. The van der Waals surface area contributed by atoms with E-state index in [2.05, 4.69) is 11.1 Å². The lowest BCUT2D eigenvalue weighted by Crippen LogP contribution is -1.99. The van der Waals surface area contributed by atoms with E-state index < -0.39 is 0 Å². The molecule has 0 fully saturated rings. The fourth-order valence-electron chi connectivity index (χ4n) is 2.36. The lowest BCUT2D eigenvalue weighted by Gasteiger charge is -2.11. The zero-order chi connectivity index (χ0) is 14.1. The van der Waals surface area contributed by atoms with E-state index in [1.807, 2.05) is 55.5 Å². The molecule has 0 amide bonds. The number of para-hydroxylation sites is 1. The van der Waals surface area contributed by atoms with Crippen LogP contribution in [-0.4, -0.2) is 4.98 Å². The average Bonchev–Trinajstić information content (AvgIpc) is 2.47. The van der Waals surface area contributed by atoms with Crippen molar-refractivity contribution in [1.82, 2.24) is 4.98 Å². The van der Waals surface area contributed by atoms with Crippen LogP contribution in [-0.2, 0) is 0 Å². The molecular formula is C17H13N3. The lowest BCUT2D eigenvalue weighted by molar-refractivity contribution is 1.37. The van der Waals surface area contributed by atoms with Gasteiger partial charge in [0.05, 0.1) is 5.52 Å². The Labute approximate surface area is 117 Å². The van der Waals surface area contributed by atoms with Crippen molar-refractivity contribution in [2.45, 2.75) is 6.92 Å². The number of nitrogen functional groups attached to an aromatic ring is 1. The Kier molecular flexibility index (Phi) is 2.85. The molecule has 0 atom stereocenters. The van der Waals surface area contributed by atoms with E-state index in [1.165, 1.54) is 5.56 Å². The van der Waals surface area contributed by atoms with E-state index in [0.29, 0.717) is 5.56 Å². The van der Waals surface area contributed by atoms with Crippen LogP contribution in [0.3, 0.4) is 0 Å². The van der Waals surface area contributed by atoms with E-state index in [-0.39, 0.29) is 5.82 Å². The van der Waals surface area contributed by atoms with Gasteiger partial charge in [0.25, 0.3) is 0 Å². The van der Waals surface area contributed by atoms with Crippen molar-refractivity contribution in [1.29, 1.82) is 5.26 Å². The van der Waals surface area contributed by atoms with Crippen molar-refractivity contribution >= 4 is 16.7 Å². The van der Waals surface area contributed by atoms with E-state index in [4.69, 9.17) is 5.73 Å². The van der Waals surface area contributed by atoms with E-state index in [9.17, 15) is 5.26 Å². The normalized spacial score (nSPS) is 10.4. The quantitative estimate of drug-likeness (QED) is 0.725. The molecule has 0 aliphatic rings. The first-order chi connectivity index (χ1) is 9.70. The molecule has 3 aromatic rings. The van der Waals surface area contributed by atoms with Crippen LogP contribution in [0.5, 0.6) is 0 Å². The van der Waals surface area contributed by atoms with Crippen LogP contribution in [0.25, 0.3) is 22.0 Å². The van der Waals surface area contributed by atoms with Crippen molar-refractivity contribution in [2.75, 3.05) is 5.73 Å². The molecule has 0 aliphatic heterocycles. The van der Waals surface area contributed by atoms with Crippen LogP contribution in [0.1, 0.15) is 11.1 Å². The van der Waals surface area contributed by atoms with Gasteiger partial charge in [-0.3, -0.25) is 0 Å². The Morgan fingerprint density at radius 1 is 1.05 bits per heavy atom. The van der Waals surface area contributed by atoms with Gasteiger partial charge in [0, 0.05) is 10.9 Å². The van der Waals surface area contributed by atoms with Crippen LogP contribution in [0, 0.1) is 18.3 Å². The first-order valence-corrected chi connectivity index (χ1v) is 6.36. The molecule has 20 heavy (non-hydrogen) atoms. The number of pyridine rings is 1. The molecule has 96 valence electrons. The number of rotatable bonds is 1. The average molecular weight is 259 g/mol. The molecule has 3 heteroatoms.